The summed E-state index contributed by atoms with van der Waals surface area (Å²) in [5.74, 6) is -2.51. The van der Waals surface area contributed by atoms with E-state index in [-0.39, 0.29) is 11.9 Å². The maximum atomic E-state index is 11.5. The second-order valence-corrected chi connectivity index (χ2v) is 4.14. The molecule has 1 fully saturated rings. The van der Waals surface area contributed by atoms with Crippen LogP contribution in [0.2, 0.25) is 0 Å². The minimum absolute atomic E-state index is 0.181. The van der Waals surface area contributed by atoms with E-state index in [4.69, 9.17) is 5.11 Å². The number of amides is 4. The lowest BCUT2D eigenvalue weighted by atomic mass is 10.3. The van der Waals surface area contributed by atoms with Crippen LogP contribution in [0.4, 0.5) is 4.79 Å². The summed E-state index contributed by atoms with van der Waals surface area (Å²) in [5.41, 5.74) is 0. The smallest absolute Gasteiger partial charge is 0.328 e. The van der Waals surface area contributed by atoms with Crippen LogP contribution in [0.1, 0.15) is 19.8 Å². The summed E-state index contributed by atoms with van der Waals surface area (Å²) in [4.78, 5) is 44.0. The number of carbonyl (C=O) groups excluding carboxylic acids is 3. The third kappa shape index (κ3) is 6.20. The zero-order chi connectivity index (χ0) is 14.4. The highest BCUT2D eigenvalue weighted by Gasteiger charge is 2.26. The largest absolute Gasteiger partial charge is 0.478 e. The maximum absolute atomic E-state index is 11.5. The molecule has 1 atom stereocenters. The molecule has 1 unspecified atom stereocenters. The van der Waals surface area contributed by atoms with Crippen molar-refractivity contribution in [3.05, 3.63) is 12.2 Å². The van der Waals surface area contributed by atoms with Crippen LogP contribution in [0.25, 0.3) is 0 Å². The van der Waals surface area contributed by atoms with Gasteiger partial charge in [-0.15, -0.1) is 0 Å². The SMILES string of the molecule is CC(NC(=O)NC(=O)/C=C/C(=O)O)C(=O)NC1CC1. The van der Waals surface area contributed by atoms with Crippen LogP contribution in [0.5, 0.6) is 0 Å². The van der Waals surface area contributed by atoms with Crippen molar-refractivity contribution in [2.75, 3.05) is 0 Å². The van der Waals surface area contributed by atoms with Gasteiger partial charge in [0.2, 0.25) is 5.91 Å². The molecule has 0 aliphatic heterocycles. The first kappa shape index (κ1) is 14.7. The molecule has 104 valence electrons. The Kier molecular flexibility index (Phi) is 5.04. The Bertz CT molecular complexity index is 428. The molecule has 1 aliphatic rings. The van der Waals surface area contributed by atoms with Gasteiger partial charge in [-0.3, -0.25) is 14.9 Å². The van der Waals surface area contributed by atoms with Crippen LogP contribution < -0.4 is 16.0 Å². The molecule has 4 N–H and O–H groups in total. The van der Waals surface area contributed by atoms with Gasteiger partial charge in [0.25, 0.3) is 5.91 Å². The molecule has 8 nitrogen and oxygen atoms in total. The lowest BCUT2D eigenvalue weighted by molar-refractivity contribution is -0.131. The molecule has 19 heavy (non-hydrogen) atoms. The second-order valence-electron chi connectivity index (χ2n) is 4.14. The average Bonchev–Trinajstić information content (AvgIpc) is 3.09. The summed E-state index contributed by atoms with van der Waals surface area (Å²) < 4.78 is 0. The molecule has 0 bridgehead atoms. The number of imide groups is 1. The summed E-state index contributed by atoms with van der Waals surface area (Å²) in [6, 6.07) is -1.46. The van der Waals surface area contributed by atoms with Crippen LogP contribution in [-0.2, 0) is 14.4 Å². The number of aliphatic carboxylic acids is 1. The van der Waals surface area contributed by atoms with Crippen LogP contribution in [-0.4, -0.2) is 41.0 Å². The van der Waals surface area contributed by atoms with Crippen molar-refractivity contribution in [1.82, 2.24) is 16.0 Å². The zero-order valence-corrected chi connectivity index (χ0v) is 10.3. The number of carboxylic acids is 1. The molecule has 0 aromatic carbocycles. The van der Waals surface area contributed by atoms with Crippen molar-refractivity contribution >= 4 is 23.8 Å². The van der Waals surface area contributed by atoms with Gasteiger partial charge in [0.15, 0.2) is 0 Å². The van der Waals surface area contributed by atoms with E-state index in [1.807, 2.05) is 5.32 Å². The first-order chi connectivity index (χ1) is 8.88. The third-order valence-corrected chi connectivity index (χ3v) is 2.28. The van der Waals surface area contributed by atoms with Gasteiger partial charge >= 0.3 is 12.0 Å². The molecular formula is C11H15N3O5. The van der Waals surface area contributed by atoms with Crippen LogP contribution in [0, 0.1) is 0 Å². The molecule has 0 saturated heterocycles. The van der Waals surface area contributed by atoms with E-state index in [0.29, 0.717) is 12.2 Å². The fraction of sp³-hybridized carbons (Fsp3) is 0.455. The minimum atomic E-state index is -1.30. The van der Waals surface area contributed by atoms with Gasteiger partial charge in [-0.2, -0.15) is 0 Å². The minimum Gasteiger partial charge on any atom is -0.478 e. The molecule has 0 heterocycles. The molecule has 1 aliphatic carbocycles. The first-order valence-corrected chi connectivity index (χ1v) is 5.71. The van der Waals surface area contributed by atoms with E-state index in [0.717, 1.165) is 12.8 Å². The number of hydrogen-bond acceptors (Lipinski definition) is 4. The van der Waals surface area contributed by atoms with Crippen molar-refractivity contribution in [1.29, 1.82) is 0 Å². The summed E-state index contributed by atoms with van der Waals surface area (Å²) in [6.07, 6.45) is 3.18. The lowest BCUT2D eigenvalue weighted by Crippen LogP contribution is -2.49. The topological polar surface area (TPSA) is 125 Å². The van der Waals surface area contributed by atoms with Crippen LogP contribution in [0.15, 0.2) is 12.2 Å². The van der Waals surface area contributed by atoms with E-state index in [9.17, 15) is 19.2 Å². The number of hydrogen-bond donors (Lipinski definition) is 4. The highest BCUT2D eigenvalue weighted by Crippen LogP contribution is 2.18. The Morgan fingerprint density at radius 2 is 1.84 bits per heavy atom. The van der Waals surface area contributed by atoms with E-state index in [2.05, 4.69) is 10.6 Å². The van der Waals surface area contributed by atoms with Gasteiger partial charge in [-0.1, -0.05) is 0 Å². The lowest BCUT2D eigenvalue weighted by Gasteiger charge is -2.13. The molecular weight excluding hydrogens is 254 g/mol. The predicted octanol–water partition coefficient (Wildman–Crippen LogP) is -0.880. The first-order valence-electron chi connectivity index (χ1n) is 5.71. The van der Waals surface area contributed by atoms with E-state index in [1.54, 1.807) is 0 Å². The Balaban J connectivity index is 2.30. The highest BCUT2D eigenvalue weighted by molar-refractivity contribution is 6.03. The van der Waals surface area contributed by atoms with Crippen molar-refractivity contribution in [3.8, 4) is 0 Å². The van der Waals surface area contributed by atoms with Crippen molar-refractivity contribution in [2.24, 2.45) is 0 Å². The monoisotopic (exact) mass is 269 g/mol. The normalized spacial score (nSPS) is 15.6. The van der Waals surface area contributed by atoms with Gasteiger partial charge < -0.3 is 15.7 Å². The van der Waals surface area contributed by atoms with Crippen LogP contribution >= 0.6 is 0 Å². The molecule has 1 saturated carbocycles. The van der Waals surface area contributed by atoms with Gasteiger partial charge in [0.05, 0.1) is 0 Å². The Hall–Kier alpha value is -2.38. The van der Waals surface area contributed by atoms with Gasteiger partial charge in [-0.05, 0) is 19.8 Å². The van der Waals surface area contributed by atoms with E-state index >= 15 is 0 Å². The standard InChI is InChI=1S/C11H15N3O5/c1-6(10(18)13-7-2-3-7)12-11(19)14-8(15)4-5-9(16)17/h4-7H,2-3H2,1H3,(H,13,18)(H,16,17)(H2,12,14,15,19)/b5-4+. The molecule has 0 aromatic heterocycles. The van der Waals surface area contributed by atoms with Gasteiger partial charge in [0, 0.05) is 18.2 Å². The summed E-state index contributed by atoms with van der Waals surface area (Å²) >= 11 is 0. The average molecular weight is 269 g/mol. The molecule has 0 radical (unpaired) electrons. The van der Waals surface area contributed by atoms with E-state index < -0.39 is 23.9 Å². The van der Waals surface area contributed by atoms with Crippen LogP contribution in [0.3, 0.4) is 0 Å². The molecule has 1 rings (SSSR count). The quantitative estimate of drug-likeness (QED) is 0.482. The Labute approximate surface area is 109 Å². The fourth-order valence-electron chi connectivity index (χ4n) is 1.15. The Morgan fingerprint density at radius 1 is 1.21 bits per heavy atom. The van der Waals surface area contributed by atoms with Crippen molar-refractivity contribution in [2.45, 2.75) is 31.8 Å². The number of nitrogens with one attached hydrogen (secondary N) is 3. The molecule has 8 heteroatoms. The number of rotatable bonds is 5. The number of carboxylic acid groups (broad SMARTS) is 1. The maximum Gasteiger partial charge on any atom is 0.328 e. The van der Waals surface area contributed by atoms with E-state index in [1.165, 1.54) is 6.92 Å². The number of carbonyl (C=O) groups is 4. The van der Waals surface area contributed by atoms with Crippen molar-refractivity contribution < 1.29 is 24.3 Å². The summed E-state index contributed by atoms with van der Waals surface area (Å²) in [7, 11) is 0. The predicted molar refractivity (Wildman–Crippen MR) is 64.1 cm³/mol. The highest BCUT2D eigenvalue weighted by atomic mass is 16.4. The third-order valence-electron chi connectivity index (χ3n) is 2.28. The summed E-state index contributed by atoms with van der Waals surface area (Å²) in [6.45, 7) is 1.48. The number of urea groups is 1. The Morgan fingerprint density at radius 3 is 2.37 bits per heavy atom. The van der Waals surface area contributed by atoms with Gasteiger partial charge in [0.1, 0.15) is 6.04 Å². The molecule has 4 amide bonds. The van der Waals surface area contributed by atoms with Gasteiger partial charge in [-0.25, -0.2) is 9.59 Å². The second kappa shape index (κ2) is 6.53. The zero-order valence-electron chi connectivity index (χ0n) is 10.3. The summed E-state index contributed by atoms with van der Waals surface area (Å²) in [5, 5.41) is 15.1. The van der Waals surface area contributed by atoms with Crippen molar-refractivity contribution in [3.63, 3.8) is 0 Å². The fourth-order valence-corrected chi connectivity index (χ4v) is 1.15. The molecule has 0 aromatic rings. The molecule has 0 spiro atoms.